The predicted molar refractivity (Wildman–Crippen MR) is 63.2 cm³/mol. The van der Waals surface area contributed by atoms with E-state index in [4.69, 9.17) is 0 Å². The van der Waals surface area contributed by atoms with Crippen molar-refractivity contribution in [1.29, 1.82) is 0 Å². The van der Waals surface area contributed by atoms with Crippen LogP contribution in [0, 0.1) is 0 Å². The molecule has 3 heteroatoms. The number of hydrogen-bond donors (Lipinski definition) is 1. The van der Waals surface area contributed by atoms with Crippen molar-refractivity contribution >= 4 is 5.82 Å². The monoisotopic (exact) mass is 205 g/mol. The zero-order valence-corrected chi connectivity index (χ0v) is 9.53. The van der Waals surface area contributed by atoms with Gasteiger partial charge in [-0.05, 0) is 37.9 Å². The van der Waals surface area contributed by atoms with Gasteiger partial charge in [0.15, 0.2) is 0 Å². The van der Waals surface area contributed by atoms with E-state index in [-0.39, 0.29) is 0 Å². The van der Waals surface area contributed by atoms with Gasteiger partial charge in [-0.2, -0.15) is 0 Å². The fraction of sp³-hybridized carbons (Fsp3) is 0.583. The molecule has 1 aliphatic heterocycles. The van der Waals surface area contributed by atoms with Crippen LogP contribution in [0.2, 0.25) is 0 Å². The minimum atomic E-state index is 0.526. The number of anilines is 1. The molecule has 1 aliphatic rings. The van der Waals surface area contributed by atoms with E-state index in [1.807, 2.05) is 6.20 Å². The Labute approximate surface area is 91.5 Å². The summed E-state index contributed by atoms with van der Waals surface area (Å²) < 4.78 is 0. The Balaban J connectivity index is 2.09. The van der Waals surface area contributed by atoms with Crippen LogP contribution in [0.3, 0.4) is 0 Å². The van der Waals surface area contributed by atoms with Gasteiger partial charge in [0.2, 0.25) is 0 Å². The van der Waals surface area contributed by atoms with Crippen molar-refractivity contribution in [3.05, 3.63) is 23.9 Å². The van der Waals surface area contributed by atoms with Gasteiger partial charge in [0.25, 0.3) is 0 Å². The molecule has 15 heavy (non-hydrogen) atoms. The van der Waals surface area contributed by atoms with Crippen molar-refractivity contribution in [2.45, 2.75) is 25.8 Å². The molecular formula is C12H19N3. The Morgan fingerprint density at radius 3 is 2.93 bits per heavy atom. The maximum atomic E-state index is 4.48. The second-order valence-corrected chi connectivity index (χ2v) is 4.11. The molecule has 1 aromatic rings. The summed E-state index contributed by atoms with van der Waals surface area (Å²) in [5, 5.41) is 3.48. The third-order valence-electron chi connectivity index (χ3n) is 3.10. The molecule has 0 bridgehead atoms. The Bertz CT molecular complexity index is 301. The van der Waals surface area contributed by atoms with Crippen molar-refractivity contribution in [3.63, 3.8) is 0 Å². The van der Waals surface area contributed by atoms with E-state index in [9.17, 15) is 0 Å². The number of hydrogen-bond acceptors (Lipinski definition) is 3. The molecule has 1 saturated heterocycles. The van der Waals surface area contributed by atoms with Gasteiger partial charge < -0.3 is 10.2 Å². The summed E-state index contributed by atoms with van der Waals surface area (Å²) in [7, 11) is 2.07. The summed E-state index contributed by atoms with van der Waals surface area (Å²) in [5.74, 6) is 1.05. The van der Waals surface area contributed by atoms with E-state index in [1.165, 1.54) is 18.4 Å². The van der Waals surface area contributed by atoms with Crippen LogP contribution in [0.4, 0.5) is 5.82 Å². The number of nitrogens with zero attached hydrogens (tertiary/aromatic N) is 2. The molecule has 1 aromatic heterocycles. The van der Waals surface area contributed by atoms with Gasteiger partial charge in [-0.15, -0.1) is 0 Å². The minimum Gasteiger partial charge on any atom is -0.360 e. The predicted octanol–water partition coefficient (Wildman–Crippen LogP) is 1.96. The van der Waals surface area contributed by atoms with Crippen LogP contribution in [-0.4, -0.2) is 25.1 Å². The summed E-state index contributed by atoms with van der Waals surface area (Å²) in [5.41, 5.74) is 1.32. The molecule has 82 valence electrons. The molecule has 2 rings (SSSR count). The van der Waals surface area contributed by atoms with Gasteiger partial charge in [-0.25, -0.2) is 4.98 Å². The first kappa shape index (κ1) is 10.4. The van der Waals surface area contributed by atoms with Gasteiger partial charge in [-0.1, -0.05) is 6.07 Å². The molecule has 0 saturated carbocycles. The Hall–Kier alpha value is -1.09. The maximum Gasteiger partial charge on any atom is 0.128 e. The average Bonchev–Trinajstić information content (AvgIpc) is 2.82. The molecule has 3 nitrogen and oxygen atoms in total. The summed E-state index contributed by atoms with van der Waals surface area (Å²) in [6.45, 7) is 4.27. The topological polar surface area (TPSA) is 28.2 Å². The van der Waals surface area contributed by atoms with E-state index >= 15 is 0 Å². The molecule has 0 spiro atoms. The highest BCUT2D eigenvalue weighted by Gasteiger charge is 2.16. The standard InChI is InChI=1S/C12H19N3/c1-3-15(2)12-7-6-10(9-14-12)11-5-4-8-13-11/h6-7,9,11,13H,3-5,8H2,1-2H3/t11-/m1/s1. The van der Waals surface area contributed by atoms with Gasteiger partial charge in [0.05, 0.1) is 0 Å². The summed E-state index contributed by atoms with van der Waals surface area (Å²) >= 11 is 0. The van der Waals surface area contributed by atoms with Gasteiger partial charge in [0, 0.05) is 25.8 Å². The third kappa shape index (κ3) is 2.29. The number of pyridine rings is 1. The first-order chi connectivity index (χ1) is 7.31. The Kier molecular flexibility index (Phi) is 3.21. The van der Waals surface area contributed by atoms with E-state index in [0.29, 0.717) is 6.04 Å². The molecule has 1 atom stereocenters. The van der Waals surface area contributed by atoms with E-state index < -0.39 is 0 Å². The van der Waals surface area contributed by atoms with Crippen molar-refractivity contribution in [1.82, 2.24) is 10.3 Å². The summed E-state index contributed by atoms with van der Waals surface area (Å²) in [6, 6.07) is 4.83. The smallest absolute Gasteiger partial charge is 0.128 e. The average molecular weight is 205 g/mol. The summed E-state index contributed by atoms with van der Waals surface area (Å²) in [6.07, 6.45) is 4.52. The fourth-order valence-electron chi connectivity index (χ4n) is 1.96. The number of nitrogens with one attached hydrogen (secondary N) is 1. The van der Waals surface area contributed by atoms with E-state index in [0.717, 1.165) is 18.9 Å². The third-order valence-corrected chi connectivity index (χ3v) is 3.10. The van der Waals surface area contributed by atoms with E-state index in [1.54, 1.807) is 0 Å². The van der Waals surface area contributed by atoms with Crippen LogP contribution >= 0.6 is 0 Å². The lowest BCUT2D eigenvalue weighted by molar-refractivity contribution is 0.645. The normalized spacial score (nSPS) is 20.5. The van der Waals surface area contributed by atoms with Crippen LogP contribution in [0.1, 0.15) is 31.4 Å². The zero-order valence-electron chi connectivity index (χ0n) is 9.53. The first-order valence-electron chi connectivity index (χ1n) is 5.71. The molecule has 2 heterocycles. The quantitative estimate of drug-likeness (QED) is 0.817. The van der Waals surface area contributed by atoms with Crippen LogP contribution in [-0.2, 0) is 0 Å². The number of aromatic nitrogens is 1. The van der Waals surface area contributed by atoms with Crippen molar-refractivity contribution in [2.24, 2.45) is 0 Å². The summed E-state index contributed by atoms with van der Waals surface area (Å²) in [4.78, 5) is 6.62. The van der Waals surface area contributed by atoms with Crippen molar-refractivity contribution in [3.8, 4) is 0 Å². The largest absolute Gasteiger partial charge is 0.360 e. The second kappa shape index (κ2) is 4.62. The Morgan fingerprint density at radius 1 is 1.53 bits per heavy atom. The molecule has 0 radical (unpaired) electrons. The van der Waals surface area contributed by atoms with Crippen LogP contribution in [0.15, 0.2) is 18.3 Å². The molecule has 0 unspecified atom stereocenters. The molecule has 0 aliphatic carbocycles. The molecular weight excluding hydrogens is 186 g/mol. The molecule has 0 aromatic carbocycles. The van der Waals surface area contributed by atoms with Gasteiger partial charge in [0.1, 0.15) is 5.82 Å². The maximum absolute atomic E-state index is 4.48. The fourth-order valence-corrected chi connectivity index (χ4v) is 1.96. The molecule has 1 N–H and O–H groups in total. The lowest BCUT2D eigenvalue weighted by Gasteiger charge is -2.16. The van der Waals surface area contributed by atoms with Gasteiger partial charge >= 0.3 is 0 Å². The first-order valence-corrected chi connectivity index (χ1v) is 5.71. The Morgan fingerprint density at radius 2 is 2.40 bits per heavy atom. The second-order valence-electron chi connectivity index (χ2n) is 4.11. The molecule has 0 amide bonds. The lowest BCUT2D eigenvalue weighted by atomic mass is 10.1. The van der Waals surface area contributed by atoms with Gasteiger partial charge in [-0.3, -0.25) is 0 Å². The molecule has 1 fully saturated rings. The highest BCUT2D eigenvalue weighted by Crippen LogP contribution is 2.23. The van der Waals surface area contributed by atoms with Crippen molar-refractivity contribution in [2.75, 3.05) is 25.0 Å². The zero-order chi connectivity index (χ0) is 10.7. The van der Waals surface area contributed by atoms with Crippen molar-refractivity contribution < 1.29 is 0 Å². The number of rotatable bonds is 3. The minimum absolute atomic E-state index is 0.526. The van der Waals surface area contributed by atoms with Crippen LogP contribution in [0.5, 0.6) is 0 Å². The highest BCUT2D eigenvalue weighted by atomic mass is 15.1. The lowest BCUT2D eigenvalue weighted by Crippen LogP contribution is -2.18. The highest BCUT2D eigenvalue weighted by molar-refractivity contribution is 5.38. The SMILES string of the molecule is CCN(C)c1ccc([C@H]2CCCN2)cn1. The van der Waals surface area contributed by atoms with Crippen LogP contribution < -0.4 is 10.2 Å². The van der Waals surface area contributed by atoms with Crippen LogP contribution in [0.25, 0.3) is 0 Å². The van der Waals surface area contributed by atoms with E-state index in [2.05, 4.69) is 41.3 Å².